The van der Waals surface area contributed by atoms with Gasteiger partial charge in [0.15, 0.2) is 0 Å². The molecule has 2 atom stereocenters. The van der Waals surface area contributed by atoms with Crippen LogP contribution in [0.3, 0.4) is 0 Å². The van der Waals surface area contributed by atoms with Gasteiger partial charge in [0.2, 0.25) is 5.91 Å². The van der Waals surface area contributed by atoms with Gasteiger partial charge in [-0.15, -0.1) is 0 Å². The zero-order valence-electron chi connectivity index (χ0n) is 16.5. The molecule has 0 aliphatic carbocycles. The van der Waals surface area contributed by atoms with Gasteiger partial charge in [-0.25, -0.2) is 4.68 Å². The Morgan fingerprint density at radius 1 is 1.39 bits per heavy atom. The van der Waals surface area contributed by atoms with E-state index in [2.05, 4.69) is 38.2 Å². The van der Waals surface area contributed by atoms with Crippen molar-refractivity contribution in [2.45, 2.75) is 51.8 Å². The minimum absolute atomic E-state index is 0.102. The fraction of sp³-hybridized carbons (Fsp3) is 0.550. The van der Waals surface area contributed by atoms with Crippen molar-refractivity contribution >= 4 is 32.6 Å². The second-order valence-corrected chi connectivity index (χ2v) is 8.53. The molecule has 0 saturated carbocycles. The van der Waals surface area contributed by atoms with E-state index >= 15 is 0 Å². The largest absolute Gasteiger partial charge is 0.391 e. The van der Waals surface area contributed by atoms with Gasteiger partial charge in [0.1, 0.15) is 6.54 Å². The van der Waals surface area contributed by atoms with Crippen LogP contribution in [-0.2, 0) is 11.3 Å². The van der Waals surface area contributed by atoms with E-state index in [1.165, 1.54) is 4.68 Å². The van der Waals surface area contributed by atoms with Gasteiger partial charge >= 0.3 is 0 Å². The third-order valence-electron chi connectivity index (χ3n) is 5.25. The molecule has 28 heavy (non-hydrogen) atoms. The number of hydrogen-bond acceptors (Lipinski definition) is 5. The smallest absolute Gasteiger partial charge is 0.275 e. The molecule has 1 saturated heterocycles. The van der Waals surface area contributed by atoms with Gasteiger partial charge in [-0.05, 0) is 37.1 Å². The van der Waals surface area contributed by atoms with Crippen molar-refractivity contribution < 1.29 is 9.90 Å². The molecule has 0 radical (unpaired) electrons. The lowest BCUT2D eigenvalue weighted by atomic mass is 10.0. The maximum atomic E-state index is 12.9. The molecular weight excluding hydrogens is 424 g/mol. The molecule has 8 heteroatoms. The van der Waals surface area contributed by atoms with Crippen LogP contribution in [-0.4, -0.2) is 57.5 Å². The number of likely N-dealkylation sites (N-methyl/N-ethyl adjacent to an activating group) is 1. The van der Waals surface area contributed by atoms with E-state index in [-0.39, 0.29) is 30.0 Å². The van der Waals surface area contributed by atoms with E-state index in [1.54, 1.807) is 6.07 Å². The van der Waals surface area contributed by atoms with Crippen molar-refractivity contribution in [1.29, 1.82) is 0 Å². The lowest BCUT2D eigenvalue weighted by Gasteiger charge is -2.35. The zero-order chi connectivity index (χ0) is 20.4. The average Bonchev–Trinajstić information content (AvgIpc) is 2.65. The summed E-state index contributed by atoms with van der Waals surface area (Å²) in [6.45, 7) is 8.21. The highest BCUT2D eigenvalue weighted by Gasteiger charge is 2.28. The van der Waals surface area contributed by atoms with E-state index in [4.69, 9.17) is 0 Å². The molecule has 2 aromatic rings. The Bertz CT molecular complexity index is 928. The Hall–Kier alpha value is -1.77. The molecule has 152 valence electrons. The molecule has 7 nitrogen and oxygen atoms in total. The highest BCUT2D eigenvalue weighted by atomic mass is 79.9. The normalized spacial score (nSPS) is 20.6. The first-order valence-electron chi connectivity index (χ1n) is 9.70. The summed E-state index contributed by atoms with van der Waals surface area (Å²) in [6.07, 6.45) is 0.0518. The number of hydrogen-bond donors (Lipinski definition) is 2. The maximum absolute atomic E-state index is 12.9. The first-order valence-corrected chi connectivity index (χ1v) is 10.5. The van der Waals surface area contributed by atoms with Gasteiger partial charge in [0, 0.05) is 22.9 Å². The zero-order valence-corrected chi connectivity index (χ0v) is 18.1. The number of nitrogens with zero attached hydrogens (tertiary/aromatic N) is 3. The minimum Gasteiger partial charge on any atom is -0.391 e. The number of carbonyl (C=O) groups excluding carboxylic acids is 1. The van der Waals surface area contributed by atoms with Crippen LogP contribution in [0.1, 0.15) is 38.8 Å². The van der Waals surface area contributed by atoms with Crippen molar-refractivity contribution in [2.24, 2.45) is 0 Å². The topological polar surface area (TPSA) is 87.5 Å². The number of benzene rings is 1. The molecule has 2 N–H and O–H groups in total. The number of aliphatic hydroxyl groups excluding tert-OH is 1. The Kier molecular flexibility index (Phi) is 6.52. The van der Waals surface area contributed by atoms with E-state index in [9.17, 15) is 14.7 Å². The molecule has 1 aliphatic rings. The molecule has 1 aromatic heterocycles. The number of fused-ring (bicyclic) bond motifs is 1. The standard InChI is InChI=1S/C20H27BrN4O3/c1-4-24-8-7-17(26)16(10-24)22-18(27)11-25-20(28)14-6-5-13(21)9-15(14)19(23-25)12(2)3/h5-6,9,12,16-17,26H,4,7-8,10-11H2,1-3H3,(H,22,27)/t16-,17+/m1/s1. The van der Waals surface area contributed by atoms with Crippen LogP contribution in [0, 0.1) is 0 Å². The average molecular weight is 451 g/mol. The highest BCUT2D eigenvalue weighted by molar-refractivity contribution is 9.10. The van der Waals surface area contributed by atoms with Crippen LogP contribution in [0.25, 0.3) is 10.8 Å². The van der Waals surface area contributed by atoms with Gasteiger partial charge in [-0.1, -0.05) is 36.7 Å². The third-order valence-corrected chi connectivity index (χ3v) is 5.74. The van der Waals surface area contributed by atoms with Gasteiger partial charge < -0.3 is 15.3 Å². The number of amides is 1. The Morgan fingerprint density at radius 3 is 2.82 bits per heavy atom. The highest BCUT2D eigenvalue weighted by Crippen LogP contribution is 2.24. The fourth-order valence-corrected chi connectivity index (χ4v) is 4.00. The lowest BCUT2D eigenvalue weighted by molar-refractivity contribution is -0.124. The van der Waals surface area contributed by atoms with E-state index in [0.717, 1.165) is 28.6 Å². The van der Waals surface area contributed by atoms with E-state index in [1.807, 2.05) is 26.0 Å². The van der Waals surface area contributed by atoms with Crippen molar-refractivity contribution in [3.63, 3.8) is 0 Å². The van der Waals surface area contributed by atoms with Crippen LogP contribution < -0.4 is 10.9 Å². The van der Waals surface area contributed by atoms with Crippen LogP contribution >= 0.6 is 15.9 Å². The molecule has 0 spiro atoms. The predicted octanol–water partition coefficient (Wildman–Crippen LogP) is 1.85. The van der Waals surface area contributed by atoms with Gasteiger partial charge in [-0.2, -0.15) is 5.10 Å². The summed E-state index contributed by atoms with van der Waals surface area (Å²) >= 11 is 3.44. The molecule has 0 bridgehead atoms. The van der Waals surface area contributed by atoms with Gasteiger partial charge in [0.05, 0.1) is 23.2 Å². The summed E-state index contributed by atoms with van der Waals surface area (Å²) in [5.41, 5.74) is 0.486. The number of carbonyl (C=O) groups is 1. The summed E-state index contributed by atoms with van der Waals surface area (Å²) in [4.78, 5) is 27.6. The Labute approximate surface area is 172 Å². The molecule has 3 rings (SSSR count). The van der Waals surface area contributed by atoms with Crippen LogP contribution in [0.5, 0.6) is 0 Å². The molecule has 1 fully saturated rings. The van der Waals surface area contributed by atoms with Crippen LogP contribution in [0.15, 0.2) is 27.5 Å². The number of rotatable bonds is 5. The summed E-state index contributed by atoms with van der Waals surface area (Å²) < 4.78 is 2.11. The summed E-state index contributed by atoms with van der Waals surface area (Å²) in [5, 5.41) is 18.9. The first-order chi connectivity index (χ1) is 13.3. The quantitative estimate of drug-likeness (QED) is 0.725. The minimum atomic E-state index is -0.573. The number of aliphatic hydroxyl groups is 1. The second-order valence-electron chi connectivity index (χ2n) is 7.62. The number of likely N-dealkylation sites (tertiary alicyclic amines) is 1. The van der Waals surface area contributed by atoms with Crippen LogP contribution in [0.2, 0.25) is 0 Å². The molecule has 0 unspecified atom stereocenters. The van der Waals surface area contributed by atoms with Gasteiger partial charge in [0.25, 0.3) is 5.56 Å². The van der Waals surface area contributed by atoms with E-state index in [0.29, 0.717) is 18.4 Å². The monoisotopic (exact) mass is 450 g/mol. The predicted molar refractivity (Wildman–Crippen MR) is 112 cm³/mol. The SMILES string of the molecule is CCN1CC[C@H](O)[C@H](NC(=O)Cn2nc(C(C)C)c3cc(Br)ccc3c2=O)C1. The third kappa shape index (κ3) is 4.45. The molecule has 2 heterocycles. The molecule has 1 amide bonds. The molecular formula is C20H27BrN4O3. The Morgan fingerprint density at radius 2 is 2.14 bits per heavy atom. The van der Waals surface area contributed by atoms with Crippen molar-refractivity contribution in [3.05, 3.63) is 38.7 Å². The van der Waals surface area contributed by atoms with Crippen molar-refractivity contribution in [3.8, 4) is 0 Å². The molecule has 1 aliphatic heterocycles. The van der Waals surface area contributed by atoms with Crippen molar-refractivity contribution in [1.82, 2.24) is 20.0 Å². The maximum Gasteiger partial charge on any atom is 0.275 e. The number of nitrogens with one attached hydrogen (secondary N) is 1. The number of halogens is 1. The molecule has 1 aromatic carbocycles. The van der Waals surface area contributed by atoms with E-state index < -0.39 is 6.10 Å². The number of piperidine rings is 1. The summed E-state index contributed by atoms with van der Waals surface area (Å²) in [7, 11) is 0. The fourth-order valence-electron chi connectivity index (χ4n) is 3.64. The number of aromatic nitrogens is 2. The summed E-state index contributed by atoms with van der Waals surface area (Å²) in [5.74, 6) is -0.215. The van der Waals surface area contributed by atoms with Crippen molar-refractivity contribution in [2.75, 3.05) is 19.6 Å². The van der Waals surface area contributed by atoms with Gasteiger partial charge in [-0.3, -0.25) is 9.59 Å². The first kappa shape index (κ1) is 21.0. The Balaban J connectivity index is 1.85. The lowest BCUT2D eigenvalue weighted by Crippen LogP contribution is -2.55. The second kappa shape index (κ2) is 8.71. The van der Waals surface area contributed by atoms with Crippen LogP contribution in [0.4, 0.5) is 0 Å². The summed E-state index contributed by atoms with van der Waals surface area (Å²) in [6, 6.07) is 5.13.